The molecule has 1 saturated heterocycles. The maximum atomic E-state index is 12.1. The van der Waals surface area contributed by atoms with Gasteiger partial charge in [0.1, 0.15) is 0 Å². The van der Waals surface area contributed by atoms with Gasteiger partial charge in [-0.2, -0.15) is 0 Å². The number of carbonyl (C=O) groups is 1. The van der Waals surface area contributed by atoms with Crippen molar-refractivity contribution in [1.82, 2.24) is 5.32 Å². The second-order valence-corrected chi connectivity index (χ2v) is 5.53. The van der Waals surface area contributed by atoms with Crippen molar-refractivity contribution < 1.29 is 4.79 Å². The topological polar surface area (TPSA) is 29.1 Å². The maximum absolute atomic E-state index is 12.1. The molecule has 1 aromatic carbocycles. The van der Waals surface area contributed by atoms with Gasteiger partial charge in [0.25, 0.3) is 0 Å². The largest absolute Gasteiger partial charge is 0.355 e. The summed E-state index contributed by atoms with van der Waals surface area (Å²) in [5.41, 5.74) is 2.23. The zero-order valence-electron chi connectivity index (χ0n) is 11.1. The van der Waals surface area contributed by atoms with Gasteiger partial charge in [-0.15, -0.1) is 0 Å². The minimum absolute atomic E-state index is 0.193. The number of benzene rings is 1. The van der Waals surface area contributed by atoms with Crippen LogP contribution in [-0.4, -0.2) is 12.5 Å². The van der Waals surface area contributed by atoms with E-state index in [4.69, 9.17) is 0 Å². The van der Waals surface area contributed by atoms with Crippen LogP contribution in [0.5, 0.6) is 0 Å². The number of hydrogen-bond acceptors (Lipinski definition) is 1. The fraction of sp³-hybridized carbons (Fsp3) is 0.533. The van der Waals surface area contributed by atoms with Gasteiger partial charge in [-0.1, -0.05) is 43.7 Å². The zero-order chi connectivity index (χ0) is 12.6. The number of rotatable bonds is 2. The monoisotopic (exact) mass is 231 g/mol. The van der Waals surface area contributed by atoms with E-state index >= 15 is 0 Å². The Bertz CT molecular complexity index is 423. The molecule has 1 amide bonds. The smallest absolute Gasteiger partial charge is 0.226 e. The lowest BCUT2D eigenvalue weighted by molar-refractivity contribution is -0.128. The van der Waals surface area contributed by atoms with Gasteiger partial charge in [0.15, 0.2) is 0 Å². The predicted molar refractivity (Wildman–Crippen MR) is 69.9 cm³/mol. The minimum atomic E-state index is -0.282. The average molecular weight is 231 g/mol. The summed E-state index contributed by atoms with van der Waals surface area (Å²) in [7, 11) is 0. The molecule has 0 radical (unpaired) electrons. The molecule has 2 nitrogen and oxygen atoms in total. The highest BCUT2D eigenvalue weighted by Crippen LogP contribution is 2.44. The second kappa shape index (κ2) is 4.17. The second-order valence-electron chi connectivity index (χ2n) is 5.53. The summed E-state index contributed by atoms with van der Waals surface area (Å²) in [4.78, 5) is 12.1. The minimum Gasteiger partial charge on any atom is -0.355 e. The molecule has 1 heterocycles. The molecule has 0 bridgehead atoms. The molecule has 0 aliphatic carbocycles. The van der Waals surface area contributed by atoms with E-state index in [-0.39, 0.29) is 17.2 Å². The van der Waals surface area contributed by atoms with Crippen molar-refractivity contribution in [2.75, 3.05) is 6.54 Å². The molecule has 2 rings (SSSR count). The van der Waals surface area contributed by atoms with Crippen molar-refractivity contribution in [3.05, 3.63) is 35.4 Å². The highest BCUT2D eigenvalue weighted by atomic mass is 16.2. The van der Waals surface area contributed by atoms with E-state index in [9.17, 15) is 4.79 Å². The molecule has 0 aromatic heterocycles. The summed E-state index contributed by atoms with van der Waals surface area (Å²) >= 11 is 0. The summed E-state index contributed by atoms with van der Waals surface area (Å²) in [6, 6.07) is 8.52. The molecule has 0 spiro atoms. The van der Waals surface area contributed by atoms with Crippen LogP contribution in [0.4, 0.5) is 0 Å². The van der Waals surface area contributed by atoms with Gasteiger partial charge in [0.2, 0.25) is 5.91 Å². The first-order valence-corrected chi connectivity index (χ1v) is 6.31. The Morgan fingerprint density at radius 2 is 1.94 bits per heavy atom. The summed E-state index contributed by atoms with van der Waals surface area (Å²) in [6.45, 7) is 9.28. The standard InChI is InChI=1S/C15H21NO/c1-10-5-7-13(8-6-10)12(3)15(4)11(2)9-16-14(15)17/h5-8,11-12H,9H2,1-4H3,(H,16,17)/t11-,12?,15-/m0/s1. The molecular weight excluding hydrogens is 210 g/mol. The first-order valence-electron chi connectivity index (χ1n) is 6.31. The fourth-order valence-corrected chi connectivity index (χ4v) is 2.70. The Hall–Kier alpha value is -1.31. The van der Waals surface area contributed by atoms with Crippen molar-refractivity contribution in [2.24, 2.45) is 11.3 Å². The normalized spacial score (nSPS) is 30.1. The Morgan fingerprint density at radius 3 is 2.41 bits per heavy atom. The van der Waals surface area contributed by atoms with Crippen molar-refractivity contribution in [1.29, 1.82) is 0 Å². The Morgan fingerprint density at radius 1 is 1.35 bits per heavy atom. The number of amides is 1. The number of hydrogen-bond donors (Lipinski definition) is 1. The van der Waals surface area contributed by atoms with Crippen molar-refractivity contribution >= 4 is 5.91 Å². The van der Waals surface area contributed by atoms with Gasteiger partial charge in [-0.3, -0.25) is 4.79 Å². The third-order valence-corrected chi connectivity index (χ3v) is 4.56. The summed E-state index contributed by atoms with van der Waals surface area (Å²) in [5, 5.41) is 2.98. The molecule has 1 N–H and O–H groups in total. The van der Waals surface area contributed by atoms with Crippen LogP contribution < -0.4 is 5.32 Å². The SMILES string of the molecule is Cc1ccc(C(C)[C@@]2(C)C(=O)NC[C@@H]2C)cc1. The van der Waals surface area contributed by atoms with Crippen LogP contribution in [0.2, 0.25) is 0 Å². The third-order valence-electron chi connectivity index (χ3n) is 4.56. The van der Waals surface area contributed by atoms with Crippen molar-refractivity contribution in [3.8, 4) is 0 Å². The molecule has 1 aliphatic rings. The van der Waals surface area contributed by atoms with Gasteiger partial charge >= 0.3 is 0 Å². The van der Waals surface area contributed by atoms with Crippen LogP contribution in [-0.2, 0) is 4.79 Å². The van der Waals surface area contributed by atoms with Gasteiger partial charge < -0.3 is 5.32 Å². The fourth-order valence-electron chi connectivity index (χ4n) is 2.70. The van der Waals surface area contributed by atoms with E-state index < -0.39 is 0 Å². The molecule has 1 fully saturated rings. The summed E-state index contributed by atoms with van der Waals surface area (Å²) in [5.74, 6) is 0.824. The average Bonchev–Trinajstić information content (AvgIpc) is 2.58. The molecule has 1 unspecified atom stereocenters. The first-order chi connectivity index (χ1) is 7.96. The molecular formula is C15H21NO. The van der Waals surface area contributed by atoms with E-state index in [0.717, 1.165) is 6.54 Å². The zero-order valence-corrected chi connectivity index (χ0v) is 11.1. The van der Waals surface area contributed by atoms with Gasteiger partial charge in [-0.05, 0) is 31.2 Å². The molecule has 2 heteroatoms. The van der Waals surface area contributed by atoms with Gasteiger partial charge in [0.05, 0.1) is 5.41 Å². The van der Waals surface area contributed by atoms with Crippen LogP contribution >= 0.6 is 0 Å². The van der Waals surface area contributed by atoms with E-state index in [1.54, 1.807) is 0 Å². The highest BCUT2D eigenvalue weighted by molar-refractivity contribution is 5.85. The molecule has 92 valence electrons. The van der Waals surface area contributed by atoms with Crippen LogP contribution in [0.3, 0.4) is 0 Å². The van der Waals surface area contributed by atoms with Crippen molar-refractivity contribution in [3.63, 3.8) is 0 Å². The lowest BCUT2D eigenvalue weighted by Crippen LogP contribution is -2.36. The quantitative estimate of drug-likeness (QED) is 0.833. The number of aryl methyl sites for hydroxylation is 1. The van der Waals surface area contributed by atoms with E-state index in [1.807, 2.05) is 0 Å². The van der Waals surface area contributed by atoms with Crippen LogP contribution in [0.1, 0.15) is 37.8 Å². The Kier molecular flexibility index (Phi) is 2.98. The predicted octanol–water partition coefficient (Wildman–Crippen LogP) is 2.87. The van der Waals surface area contributed by atoms with Crippen LogP contribution in [0.25, 0.3) is 0 Å². The first kappa shape index (κ1) is 12.2. The number of carbonyl (C=O) groups excluding carboxylic acids is 1. The lowest BCUT2D eigenvalue weighted by atomic mass is 9.68. The molecule has 17 heavy (non-hydrogen) atoms. The lowest BCUT2D eigenvalue weighted by Gasteiger charge is -2.33. The third kappa shape index (κ3) is 1.86. The maximum Gasteiger partial charge on any atom is 0.226 e. The van der Waals surface area contributed by atoms with E-state index in [1.165, 1.54) is 11.1 Å². The van der Waals surface area contributed by atoms with Crippen molar-refractivity contribution in [2.45, 2.75) is 33.6 Å². The number of nitrogens with one attached hydrogen (secondary N) is 1. The molecule has 1 aromatic rings. The Labute approximate surface area is 103 Å². The molecule has 3 atom stereocenters. The Balaban J connectivity index is 2.33. The summed E-state index contributed by atoms with van der Waals surface area (Å²) < 4.78 is 0. The van der Waals surface area contributed by atoms with Gasteiger partial charge in [0, 0.05) is 6.54 Å². The summed E-state index contributed by atoms with van der Waals surface area (Å²) in [6.07, 6.45) is 0. The van der Waals surface area contributed by atoms with E-state index in [0.29, 0.717) is 5.92 Å². The van der Waals surface area contributed by atoms with Crippen LogP contribution in [0, 0.1) is 18.3 Å². The highest BCUT2D eigenvalue weighted by Gasteiger charge is 2.48. The van der Waals surface area contributed by atoms with Gasteiger partial charge in [-0.25, -0.2) is 0 Å². The van der Waals surface area contributed by atoms with Crippen LogP contribution in [0.15, 0.2) is 24.3 Å². The van der Waals surface area contributed by atoms with E-state index in [2.05, 4.69) is 57.3 Å². The molecule has 1 aliphatic heterocycles. The molecule has 0 saturated carbocycles.